The molecule has 0 aromatic heterocycles. The van der Waals surface area contributed by atoms with Crippen LogP contribution in [-0.2, 0) is 4.79 Å². The molecule has 2 heteroatoms. The molecule has 0 bridgehead atoms. The van der Waals surface area contributed by atoms with Gasteiger partial charge in [0, 0.05) is 5.92 Å². The van der Waals surface area contributed by atoms with Crippen LogP contribution in [0.3, 0.4) is 0 Å². The van der Waals surface area contributed by atoms with Crippen molar-refractivity contribution in [3.8, 4) is 0 Å². The molecule has 0 aliphatic heterocycles. The zero-order valence-electron chi connectivity index (χ0n) is 10.2. The first-order chi connectivity index (χ1) is 7.26. The molecule has 0 rings (SSSR count). The van der Waals surface area contributed by atoms with E-state index < -0.39 is 6.10 Å². The lowest BCUT2D eigenvalue weighted by Gasteiger charge is -2.15. The Labute approximate surface area is 94.1 Å². The van der Waals surface area contributed by atoms with E-state index in [2.05, 4.69) is 6.92 Å². The van der Waals surface area contributed by atoms with Crippen molar-refractivity contribution < 1.29 is 9.90 Å². The Morgan fingerprint density at radius 1 is 1.07 bits per heavy atom. The van der Waals surface area contributed by atoms with Crippen molar-refractivity contribution in [3.05, 3.63) is 0 Å². The van der Waals surface area contributed by atoms with Crippen molar-refractivity contribution in [2.45, 2.75) is 71.3 Å². The SMILES string of the molecule is CCCCCCCC[C@H](C=O)[C@@H](O)CC. The number of carbonyl (C=O) groups excluding carboxylic acids is 1. The average molecular weight is 214 g/mol. The Bertz CT molecular complexity index is 145. The summed E-state index contributed by atoms with van der Waals surface area (Å²) in [5.41, 5.74) is 0. The molecular formula is C13H26O2. The van der Waals surface area contributed by atoms with Gasteiger partial charge in [0.05, 0.1) is 6.10 Å². The van der Waals surface area contributed by atoms with Crippen molar-refractivity contribution >= 4 is 6.29 Å². The van der Waals surface area contributed by atoms with E-state index in [-0.39, 0.29) is 5.92 Å². The molecule has 0 amide bonds. The van der Waals surface area contributed by atoms with Crippen LogP contribution >= 0.6 is 0 Å². The zero-order chi connectivity index (χ0) is 11.5. The van der Waals surface area contributed by atoms with E-state index in [9.17, 15) is 9.90 Å². The smallest absolute Gasteiger partial charge is 0.125 e. The summed E-state index contributed by atoms with van der Waals surface area (Å²) in [5.74, 6) is -0.138. The number of carbonyl (C=O) groups is 1. The maximum Gasteiger partial charge on any atom is 0.125 e. The van der Waals surface area contributed by atoms with Gasteiger partial charge in [-0.2, -0.15) is 0 Å². The highest BCUT2D eigenvalue weighted by Gasteiger charge is 2.15. The molecule has 0 heterocycles. The molecule has 0 saturated heterocycles. The molecule has 2 atom stereocenters. The van der Waals surface area contributed by atoms with Crippen LogP contribution in [0.25, 0.3) is 0 Å². The normalized spacial score (nSPS) is 14.9. The number of aliphatic hydroxyl groups is 1. The molecular weight excluding hydrogens is 188 g/mol. The predicted octanol–water partition coefficient (Wildman–Crippen LogP) is 3.32. The summed E-state index contributed by atoms with van der Waals surface area (Å²) in [5, 5.41) is 9.53. The molecule has 0 saturated carbocycles. The topological polar surface area (TPSA) is 37.3 Å². The summed E-state index contributed by atoms with van der Waals surface area (Å²) >= 11 is 0. The highest BCUT2D eigenvalue weighted by Crippen LogP contribution is 2.15. The van der Waals surface area contributed by atoms with Gasteiger partial charge in [-0.05, 0) is 12.8 Å². The van der Waals surface area contributed by atoms with Gasteiger partial charge in [0.25, 0.3) is 0 Å². The minimum atomic E-state index is -0.432. The second kappa shape index (κ2) is 10.2. The summed E-state index contributed by atoms with van der Waals surface area (Å²) in [4.78, 5) is 10.7. The molecule has 0 fully saturated rings. The minimum Gasteiger partial charge on any atom is -0.392 e. The van der Waals surface area contributed by atoms with Gasteiger partial charge in [-0.25, -0.2) is 0 Å². The molecule has 15 heavy (non-hydrogen) atoms. The van der Waals surface area contributed by atoms with E-state index in [0.717, 1.165) is 19.1 Å². The Morgan fingerprint density at radius 2 is 1.67 bits per heavy atom. The molecule has 0 unspecified atom stereocenters. The largest absolute Gasteiger partial charge is 0.392 e. The molecule has 0 aromatic rings. The van der Waals surface area contributed by atoms with E-state index in [4.69, 9.17) is 0 Å². The fraction of sp³-hybridized carbons (Fsp3) is 0.923. The Morgan fingerprint density at radius 3 is 2.20 bits per heavy atom. The lowest BCUT2D eigenvalue weighted by Crippen LogP contribution is -2.20. The van der Waals surface area contributed by atoms with Gasteiger partial charge in [0.2, 0.25) is 0 Å². The van der Waals surface area contributed by atoms with E-state index in [1.165, 1.54) is 32.1 Å². The highest BCUT2D eigenvalue weighted by molar-refractivity contribution is 5.54. The van der Waals surface area contributed by atoms with Gasteiger partial charge >= 0.3 is 0 Å². The molecule has 2 nitrogen and oxygen atoms in total. The predicted molar refractivity (Wildman–Crippen MR) is 63.8 cm³/mol. The third kappa shape index (κ3) is 7.55. The maximum atomic E-state index is 10.7. The van der Waals surface area contributed by atoms with Crippen LogP contribution in [0, 0.1) is 5.92 Å². The first-order valence-electron chi connectivity index (χ1n) is 6.39. The molecule has 90 valence electrons. The van der Waals surface area contributed by atoms with Crippen molar-refractivity contribution in [1.29, 1.82) is 0 Å². The number of rotatable bonds is 10. The summed E-state index contributed by atoms with van der Waals surface area (Å²) in [6, 6.07) is 0. The van der Waals surface area contributed by atoms with Gasteiger partial charge in [0.15, 0.2) is 0 Å². The second-order valence-electron chi connectivity index (χ2n) is 4.33. The van der Waals surface area contributed by atoms with E-state index in [1.54, 1.807) is 0 Å². The van der Waals surface area contributed by atoms with Gasteiger partial charge < -0.3 is 9.90 Å². The summed E-state index contributed by atoms with van der Waals surface area (Å²) < 4.78 is 0. The quantitative estimate of drug-likeness (QED) is 0.447. The molecule has 0 aromatic carbocycles. The number of hydrogen-bond donors (Lipinski definition) is 1. The Balaban J connectivity index is 3.42. The third-order valence-corrected chi connectivity index (χ3v) is 2.98. The van der Waals surface area contributed by atoms with Crippen LogP contribution in [-0.4, -0.2) is 17.5 Å². The lowest BCUT2D eigenvalue weighted by molar-refractivity contribution is -0.114. The number of unbranched alkanes of at least 4 members (excludes halogenated alkanes) is 5. The van der Waals surface area contributed by atoms with Crippen molar-refractivity contribution in [2.24, 2.45) is 5.92 Å². The second-order valence-corrected chi connectivity index (χ2v) is 4.33. The monoisotopic (exact) mass is 214 g/mol. The van der Waals surface area contributed by atoms with Crippen molar-refractivity contribution in [3.63, 3.8) is 0 Å². The van der Waals surface area contributed by atoms with Crippen LogP contribution in [0.5, 0.6) is 0 Å². The highest BCUT2D eigenvalue weighted by atomic mass is 16.3. The van der Waals surface area contributed by atoms with Gasteiger partial charge in [-0.1, -0.05) is 52.4 Å². The van der Waals surface area contributed by atoms with Gasteiger partial charge in [-0.15, -0.1) is 0 Å². The van der Waals surface area contributed by atoms with Crippen LogP contribution in [0.4, 0.5) is 0 Å². The molecule has 0 spiro atoms. The Kier molecular flexibility index (Phi) is 9.91. The fourth-order valence-electron chi connectivity index (χ4n) is 1.81. The standard InChI is InChI=1S/C13H26O2/c1-3-5-6-7-8-9-10-12(11-14)13(15)4-2/h11-13,15H,3-10H2,1-2H3/t12-,13+/m1/s1. The first-order valence-corrected chi connectivity index (χ1v) is 6.39. The average Bonchev–Trinajstić information content (AvgIpc) is 2.27. The summed E-state index contributed by atoms with van der Waals surface area (Å²) in [6.07, 6.45) is 9.44. The fourth-order valence-corrected chi connectivity index (χ4v) is 1.81. The Hall–Kier alpha value is -0.370. The summed E-state index contributed by atoms with van der Waals surface area (Å²) in [7, 11) is 0. The van der Waals surface area contributed by atoms with E-state index >= 15 is 0 Å². The van der Waals surface area contributed by atoms with Crippen LogP contribution in [0.15, 0.2) is 0 Å². The molecule has 0 radical (unpaired) electrons. The number of aliphatic hydroxyl groups excluding tert-OH is 1. The molecule has 0 aliphatic carbocycles. The third-order valence-electron chi connectivity index (χ3n) is 2.98. The van der Waals surface area contributed by atoms with Gasteiger partial charge in [0.1, 0.15) is 6.29 Å². The zero-order valence-corrected chi connectivity index (χ0v) is 10.2. The molecule has 0 aliphatic rings. The number of hydrogen-bond acceptors (Lipinski definition) is 2. The minimum absolute atomic E-state index is 0.138. The van der Waals surface area contributed by atoms with E-state index in [1.807, 2.05) is 6.92 Å². The first kappa shape index (κ1) is 14.6. The van der Waals surface area contributed by atoms with Crippen molar-refractivity contribution in [1.82, 2.24) is 0 Å². The maximum absolute atomic E-state index is 10.7. The number of aldehydes is 1. The lowest BCUT2D eigenvalue weighted by atomic mass is 9.95. The van der Waals surface area contributed by atoms with Crippen LogP contribution in [0.1, 0.15) is 65.2 Å². The van der Waals surface area contributed by atoms with Gasteiger partial charge in [-0.3, -0.25) is 0 Å². The van der Waals surface area contributed by atoms with Crippen LogP contribution in [0.2, 0.25) is 0 Å². The molecule has 1 N–H and O–H groups in total. The van der Waals surface area contributed by atoms with E-state index in [0.29, 0.717) is 6.42 Å². The summed E-state index contributed by atoms with van der Waals surface area (Å²) in [6.45, 7) is 4.13. The van der Waals surface area contributed by atoms with Crippen LogP contribution < -0.4 is 0 Å². The van der Waals surface area contributed by atoms with Crippen molar-refractivity contribution in [2.75, 3.05) is 0 Å².